The van der Waals surface area contributed by atoms with E-state index in [-0.39, 0.29) is 24.0 Å². The third-order valence-electron chi connectivity index (χ3n) is 3.64. The molecule has 2 N–H and O–H groups in total. The van der Waals surface area contributed by atoms with Crippen LogP contribution < -0.4 is 10.6 Å². The summed E-state index contributed by atoms with van der Waals surface area (Å²) in [5.74, 6) is 0.0332. The fourth-order valence-corrected chi connectivity index (χ4v) is 2.27. The monoisotopic (exact) mass is 252 g/mol. The molecule has 102 valence electrons. The maximum Gasteiger partial charge on any atom is 0.237 e. The van der Waals surface area contributed by atoms with Gasteiger partial charge in [-0.15, -0.1) is 0 Å². The summed E-state index contributed by atoms with van der Waals surface area (Å²) in [5, 5.41) is 15.3. The number of carbonyl (C=O) groups excluding carboxylic acids is 1. The van der Waals surface area contributed by atoms with Crippen LogP contribution in [0.3, 0.4) is 0 Å². The third-order valence-corrected chi connectivity index (χ3v) is 3.64. The first kappa shape index (κ1) is 14.9. The van der Waals surface area contributed by atoms with Gasteiger partial charge >= 0.3 is 0 Å². The predicted octanol–water partition coefficient (Wildman–Crippen LogP) is 0.477. The lowest BCUT2D eigenvalue weighted by Crippen LogP contribution is -2.58. The van der Waals surface area contributed by atoms with Crippen molar-refractivity contribution in [3.63, 3.8) is 0 Å². The molecule has 1 rings (SSSR count). The van der Waals surface area contributed by atoms with Gasteiger partial charge in [0.2, 0.25) is 5.91 Å². The van der Waals surface area contributed by atoms with Crippen LogP contribution in [0.2, 0.25) is 0 Å². The van der Waals surface area contributed by atoms with Crippen molar-refractivity contribution >= 4 is 5.91 Å². The van der Waals surface area contributed by atoms with E-state index in [0.717, 1.165) is 25.9 Å². The first-order valence-electron chi connectivity index (χ1n) is 6.80. The summed E-state index contributed by atoms with van der Waals surface area (Å²) < 4.78 is 0. The van der Waals surface area contributed by atoms with Crippen molar-refractivity contribution in [2.24, 2.45) is 0 Å². The third kappa shape index (κ3) is 3.69. The van der Waals surface area contributed by atoms with Gasteiger partial charge < -0.3 is 10.6 Å². The average Bonchev–Trinajstić information content (AvgIpc) is 2.43. The van der Waals surface area contributed by atoms with E-state index in [1.165, 1.54) is 0 Å². The second-order valence-electron chi connectivity index (χ2n) is 4.78. The van der Waals surface area contributed by atoms with Crippen LogP contribution in [0.4, 0.5) is 0 Å². The normalized spacial score (nSPS) is 22.5. The van der Waals surface area contributed by atoms with Crippen molar-refractivity contribution < 1.29 is 4.79 Å². The lowest BCUT2D eigenvalue weighted by atomic mass is 10.1. The molecule has 1 amide bonds. The number of hydrogen-bond donors (Lipinski definition) is 2. The predicted molar refractivity (Wildman–Crippen MR) is 71.0 cm³/mol. The van der Waals surface area contributed by atoms with Crippen molar-refractivity contribution in [3.05, 3.63) is 0 Å². The van der Waals surface area contributed by atoms with Gasteiger partial charge in [0.25, 0.3) is 0 Å². The van der Waals surface area contributed by atoms with Crippen LogP contribution >= 0.6 is 0 Å². The Morgan fingerprint density at radius 3 is 2.78 bits per heavy atom. The van der Waals surface area contributed by atoms with Gasteiger partial charge in [-0.3, -0.25) is 9.69 Å². The maximum absolute atomic E-state index is 12.1. The summed E-state index contributed by atoms with van der Waals surface area (Å²) in [4.78, 5) is 14.1. The average molecular weight is 252 g/mol. The lowest BCUT2D eigenvalue weighted by molar-refractivity contribution is -0.127. The van der Waals surface area contributed by atoms with Gasteiger partial charge in [-0.1, -0.05) is 13.8 Å². The second kappa shape index (κ2) is 7.34. The molecule has 2 unspecified atom stereocenters. The van der Waals surface area contributed by atoms with Crippen LogP contribution in [0.25, 0.3) is 0 Å². The summed E-state index contributed by atoms with van der Waals surface area (Å²) in [6.07, 6.45) is 1.89. The van der Waals surface area contributed by atoms with Crippen molar-refractivity contribution in [1.29, 1.82) is 5.26 Å². The number of carbonyl (C=O) groups is 1. The molecule has 1 aliphatic heterocycles. The number of amides is 1. The van der Waals surface area contributed by atoms with Gasteiger partial charge in [-0.2, -0.15) is 5.26 Å². The molecule has 2 atom stereocenters. The number of piperazine rings is 1. The summed E-state index contributed by atoms with van der Waals surface area (Å²) in [6, 6.07) is 2.05. The van der Waals surface area contributed by atoms with E-state index in [9.17, 15) is 4.79 Å². The quantitative estimate of drug-likeness (QED) is 0.746. The van der Waals surface area contributed by atoms with Crippen molar-refractivity contribution in [1.82, 2.24) is 15.5 Å². The Labute approximate surface area is 110 Å². The second-order valence-corrected chi connectivity index (χ2v) is 4.78. The molecule has 0 radical (unpaired) electrons. The Kier molecular flexibility index (Phi) is 6.10. The zero-order chi connectivity index (χ0) is 13.5. The molecule has 5 heteroatoms. The van der Waals surface area contributed by atoms with Crippen molar-refractivity contribution in [3.8, 4) is 6.07 Å². The molecule has 1 aliphatic rings. The fraction of sp³-hybridized carbons (Fsp3) is 0.846. The molecule has 0 aromatic carbocycles. The summed E-state index contributed by atoms with van der Waals surface area (Å²) in [7, 11) is 0. The highest BCUT2D eigenvalue weighted by Gasteiger charge is 2.30. The highest BCUT2D eigenvalue weighted by molar-refractivity contribution is 5.81. The number of nitriles is 1. The number of rotatable bonds is 5. The minimum atomic E-state index is -0.239. The van der Waals surface area contributed by atoms with Crippen LogP contribution in [0, 0.1) is 11.3 Å². The molecule has 0 aromatic heterocycles. The molecule has 0 saturated carbocycles. The standard InChI is InChI=1S/C13H24N4O/c1-4-11(5-2)16-13(18)10(3)17-7-6-15-9-12(17)8-14/h10-12,15H,4-7,9H2,1-3H3,(H,16,18). The minimum absolute atomic E-state index is 0.0332. The van der Waals surface area contributed by atoms with E-state index in [1.807, 2.05) is 11.8 Å². The molecular formula is C13H24N4O. The highest BCUT2D eigenvalue weighted by atomic mass is 16.2. The topological polar surface area (TPSA) is 68.2 Å². The summed E-state index contributed by atoms with van der Waals surface area (Å²) >= 11 is 0. The van der Waals surface area contributed by atoms with Crippen molar-refractivity contribution in [2.75, 3.05) is 19.6 Å². The molecule has 1 fully saturated rings. The Hall–Kier alpha value is -1.12. The van der Waals surface area contributed by atoms with Crippen LogP contribution in [0.5, 0.6) is 0 Å². The molecule has 18 heavy (non-hydrogen) atoms. The Bertz CT molecular complexity index is 309. The molecule has 0 bridgehead atoms. The fourth-order valence-electron chi connectivity index (χ4n) is 2.27. The van der Waals surface area contributed by atoms with Crippen LogP contribution in [0.1, 0.15) is 33.6 Å². The zero-order valence-corrected chi connectivity index (χ0v) is 11.6. The molecule has 5 nitrogen and oxygen atoms in total. The molecule has 0 aromatic rings. The summed E-state index contributed by atoms with van der Waals surface area (Å²) in [5.41, 5.74) is 0. The van der Waals surface area contributed by atoms with Gasteiger partial charge in [0, 0.05) is 25.7 Å². The largest absolute Gasteiger partial charge is 0.352 e. The Morgan fingerprint density at radius 2 is 2.22 bits per heavy atom. The minimum Gasteiger partial charge on any atom is -0.352 e. The smallest absolute Gasteiger partial charge is 0.237 e. The van der Waals surface area contributed by atoms with E-state index in [4.69, 9.17) is 5.26 Å². The highest BCUT2D eigenvalue weighted by Crippen LogP contribution is 2.09. The van der Waals surface area contributed by atoms with Gasteiger partial charge in [0.15, 0.2) is 0 Å². The molecule has 0 aliphatic carbocycles. The van der Waals surface area contributed by atoms with Gasteiger partial charge in [-0.25, -0.2) is 0 Å². The van der Waals surface area contributed by atoms with E-state index >= 15 is 0 Å². The number of nitrogens with zero attached hydrogens (tertiary/aromatic N) is 2. The number of nitrogens with one attached hydrogen (secondary N) is 2. The summed E-state index contributed by atoms with van der Waals surface area (Å²) in [6.45, 7) is 8.24. The van der Waals surface area contributed by atoms with Gasteiger partial charge in [-0.05, 0) is 19.8 Å². The van der Waals surface area contributed by atoms with E-state index in [1.54, 1.807) is 0 Å². The van der Waals surface area contributed by atoms with Crippen LogP contribution in [-0.2, 0) is 4.79 Å². The van der Waals surface area contributed by atoms with Crippen molar-refractivity contribution in [2.45, 2.75) is 51.7 Å². The van der Waals surface area contributed by atoms with E-state index < -0.39 is 0 Å². The van der Waals surface area contributed by atoms with Gasteiger partial charge in [0.1, 0.15) is 6.04 Å². The molecule has 1 heterocycles. The maximum atomic E-state index is 12.1. The first-order valence-corrected chi connectivity index (χ1v) is 6.80. The Balaban J connectivity index is 2.59. The molecule has 0 spiro atoms. The lowest BCUT2D eigenvalue weighted by Gasteiger charge is -2.36. The van der Waals surface area contributed by atoms with E-state index in [2.05, 4.69) is 30.6 Å². The zero-order valence-electron chi connectivity index (χ0n) is 11.6. The molecular weight excluding hydrogens is 228 g/mol. The number of hydrogen-bond acceptors (Lipinski definition) is 4. The Morgan fingerprint density at radius 1 is 1.56 bits per heavy atom. The SMILES string of the molecule is CCC(CC)NC(=O)C(C)N1CCNCC1C#N. The first-order chi connectivity index (χ1) is 8.63. The van der Waals surface area contributed by atoms with Crippen LogP contribution in [0.15, 0.2) is 0 Å². The molecule has 1 saturated heterocycles. The van der Waals surface area contributed by atoms with E-state index in [0.29, 0.717) is 6.54 Å². The van der Waals surface area contributed by atoms with Crippen LogP contribution in [-0.4, -0.2) is 48.6 Å². The van der Waals surface area contributed by atoms with Gasteiger partial charge in [0.05, 0.1) is 12.1 Å².